The van der Waals surface area contributed by atoms with Crippen LogP contribution in [-0.4, -0.2) is 41.9 Å². The van der Waals surface area contributed by atoms with Gasteiger partial charge in [-0.2, -0.15) is 0 Å². The van der Waals surface area contributed by atoms with Gasteiger partial charge in [0.15, 0.2) is 0 Å². The zero-order valence-corrected chi connectivity index (χ0v) is 14.8. The van der Waals surface area contributed by atoms with E-state index >= 15 is 0 Å². The van der Waals surface area contributed by atoms with Crippen molar-refractivity contribution in [2.45, 2.75) is 6.92 Å². The van der Waals surface area contributed by atoms with Gasteiger partial charge in [0.05, 0.1) is 13.7 Å². The Bertz CT molecular complexity index is 848. The molecule has 1 aromatic heterocycles. The molecule has 2 amide bonds. The first kappa shape index (κ1) is 18.9. The zero-order valence-electron chi connectivity index (χ0n) is 14.8. The Morgan fingerprint density at radius 2 is 2.12 bits per heavy atom. The molecule has 0 saturated carbocycles. The van der Waals surface area contributed by atoms with E-state index < -0.39 is 0 Å². The summed E-state index contributed by atoms with van der Waals surface area (Å²) in [6.07, 6.45) is 1.58. The van der Waals surface area contributed by atoms with E-state index in [0.717, 1.165) is 0 Å². The van der Waals surface area contributed by atoms with Crippen LogP contribution in [0.15, 0.2) is 30.5 Å². The number of hydrogen-bond donors (Lipinski definition) is 2. The molecule has 1 aromatic carbocycles. The fraction of sp³-hybridized carbons (Fsp3) is 0.278. The van der Waals surface area contributed by atoms with Crippen molar-refractivity contribution in [3.63, 3.8) is 0 Å². The number of methoxy groups -OCH3 is 1. The maximum atomic E-state index is 12.0. The number of aryl methyl sites for hydroxylation is 1. The molecule has 2 N–H and O–H groups in total. The van der Waals surface area contributed by atoms with E-state index in [9.17, 15) is 9.59 Å². The summed E-state index contributed by atoms with van der Waals surface area (Å²) < 4.78 is 12.0. The lowest BCUT2D eigenvalue weighted by Gasteiger charge is -2.05. The Labute approximate surface area is 151 Å². The van der Waals surface area contributed by atoms with E-state index in [2.05, 4.69) is 27.6 Å². The Morgan fingerprint density at radius 1 is 1.31 bits per heavy atom. The maximum Gasteiger partial charge on any atom is 0.259 e. The number of ether oxygens (including phenoxy) is 2. The molecule has 0 aliphatic rings. The molecule has 2 rings (SSSR count). The second kappa shape index (κ2) is 9.13. The summed E-state index contributed by atoms with van der Waals surface area (Å²) in [5, 5.41) is 9.36. The van der Waals surface area contributed by atoms with Crippen LogP contribution < -0.4 is 20.1 Å². The third-order valence-corrected chi connectivity index (χ3v) is 3.16. The first-order chi connectivity index (χ1) is 12.5. The monoisotopic (exact) mass is 356 g/mol. The van der Waals surface area contributed by atoms with Gasteiger partial charge in [-0.05, 0) is 12.1 Å². The molecule has 0 spiro atoms. The number of hydrogen-bond acceptors (Lipinski definition) is 5. The van der Waals surface area contributed by atoms with Crippen molar-refractivity contribution < 1.29 is 19.1 Å². The number of anilines is 1. The van der Waals surface area contributed by atoms with Crippen LogP contribution in [0.5, 0.6) is 11.6 Å². The molecule has 0 aliphatic heterocycles. The number of carbonyl (C=O) groups excluding carboxylic acids is 2. The van der Waals surface area contributed by atoms with Crippen molar-refractivity contribution >= 4 is 17.5 Å². The summed E-state index contributed by atoms with van der Waals surface area (Å²) in [5.41, 5.74) is 1.00. The molecule has 0 bridgehead atoms. The summed E-state index contributed by atoms with van der Waals surface area (Å²) in [6, 6.07) is 7.01. The first-order valence-electron chi connectivity index (χ1n) is 7.81. The van der Waals surface area contributed by atoms with Gasteiger partial charge < -0.3 is 20.1 Å². The van der Waals surface area contributed by atoms with Crippen LogP contribution in [-0.2, 0) is 11.8 Å². The Balaban J connectivity index is 1.79. The molecule has 136 valence electrons. The van der Waals surface area contributed by atoms with Crippen molar-refractivity contribution in [1.29, 1.82) is 0 Å². The van der Waals surface area contributed by atoms with Crippen LogP contribution in [0.2, 0.25) is 0 Å². The Hall–Kier alpha value is -3.47. The largest absolute Gasteiger partial charge is 0.481 e. The van der Waals surface area contributed by atoms with Gasteiger partial charge in [-0.3, -0.25) is 14.3 Å². The molecular weight excluding hydrogens is 336 g/mol. The van der Waals surface area contributed by atoms with E-state index in [1.807, 2.05) is 0 Å². The molecule has 1 heterocycles. The van der Waals surface area contributed by atoms with Crippen LogP contribution in [0.25, 0.3) is 0 Å². The number of benzene rings is 1. The number of rotatable bonds is 6. The lowest BCUT2D eigenvalue weighted by molar-refractivity contribution is -0.114. The van der Waals surface area contributed by atoms with Gasteiger partial charge in [-0.15, -0.1) is 5.10 Å². The van der Waals surface area contributed by atoms with Crippen LogP contribution in [0.4, 0.5) is 5.69 Å². The number of amides is 2. The molecule has 0 radical (unpaired) electrons. The summed E-state index contributed by atoms with van der Waals surface area (Å²) >= 11 is 0. The van der Waals surface area contributed by atoms with Gasteiger partial charge in [0, 0.05) is 31.9 Å². The fourth-order valence-corrected chi connectivity index (χ4v) is 2.09. The summed E-state index contributed by atoms with van der Waals surface area (Å²) in [7, 11) is 3.16. The normalized spacial score (nSPS) is 9.65. The minimum Gasteiger partial charge on any atom is -0.481 e. The molecule has 26 heavy (non-hydrogen) atoms. The van der Waals surface area contributed by atoms with Gasteiger partial charge in [-0.1, -0.05) is 17.9 Å². The Kier molecular flexibility index (Phi) is 6.62. The number of aromatic nitrogens is 2. The Morgan fingerprint density at radius 3 is 2.85 bits per heavy atom. The molecular formula is C18H20N4O4. The summed E-state index contributed by atoms with van der Waals surface area (Å²) in [5.74, 6) is 6.01. The number of nitrogens with zero attached hydrogens (tertiary/aromatic N) is 2. The second-order valence-electron chi connectivity index (χ2n) is 5.26. The van der Waals surface area contributed by atoms with E-state index in [1.54, 1.807) is 37.5 Å². The number of carbonyl (C=O) groups is 2. The van der Waals surface area contributed by atoms with Crippen LogP contribution >= 0.6 is 0 Å². The molecule has 2 aromatic rings. The third kappa shape index (κ3) is 5.56. The predicted molar refractivity (Wildman–Crippen MR) is 96.1 cm³/mol. The summed E-state index contributed by atoms with van der Waals surface area (Å²) in [6.45, 7) is 1.77. The highest BCUT2D eigenvalue weighted by atomic mass is 16.5. The van der Waals surface area contributed by atoms with Crippen molar-refractivity contribution in [1.82, 2.24) is 15.1 Å². The quantitative estimate of drug-likeness (QED) is 0.759. The fourth-order valence-electron chi connectivity index (χ4n) is 2.09. The first-order valence-corrected chi connectivity index (χ1v) is 7.81. The van der Waals surface area contributed by atoms with E-state index in [0.29, 0.717) is 17.0 Å². The van der Waals surface area contributed by atoms with E-state index in [1.165, 1.54) is 18.7 Å². The van der Waals surface area contributed by atoms with E-state index in [4.69, 9.17) is 9.47 Å². The highest BCUT2D eigenvalue weighted by Crippen LogP contribution is 2.17. The topological polar surface area (TPSA) is 94.5 Å². The van der Waals surface area contributed by atoms with Gasteiger partial charge in [-0.25, -0.2) is 0 Å². The summed E-state index contributed by atoms with van der Waals surface area (Å²) in [4.78, 5) is 23.1. The molecule has 8 heteroatoms. The minimum atomic E-state index is -0.312. The molecule has 0 saturated heterocycles. The average molecular weight is 356 g/mol. The van der Waals surface area contributed by atoms with Crippen LogP contribution in [0.1, 0.15) is 17.3 Å². The standard InChI is InChI=1S/C18H20N4O4/c1-13(23)20-14-7-6-8-15(11-14)26-10-5-4-9-19-17(24)16-12-22(2)21-18(16)25-3/h6-8,11-12H,9-10H2,1-3H3,(H,19,24)(H,20,23). The second-order valence-corrected chi connectivity index (χ2v) is 5.26. The molecule has 0 unspecified atom stereocenters. The number of nitrogens with one attached hydrogen (secondary N) is 2. The minimum absolute atomic E-state index is 0.150. The lowest BCUT2D eigenvalue weighted by Crippen LogP contribution is -2.23. The average Bonchev–Trinajstić information content (AvgIpc) is 2.98. The van der Waals surface area contributed by atoms with Gasteiger partial charge in [0.2, 0.25) is 11.8 Å². The molecule has 0 fully saturated rings. The highest BCUT2D eigenvalue weighted by molar-refractivity contribution is 5.96. The lowest BCUT2D eigenvalue weighted by atomic mass is 10.3. The molecule has 0 atom stereocenters. The van der Waals surface area contributed by atoms with Crippen LogP contribution in [0.3, 0.4) is 0 Å². The van der Waals surface area contributed by atoms with Gasteiger partial charge >= 0.3 is 0 Å². The van der Waals surface area contributed by atoms with Crippen molar-refractivity contribution in [3.8, 4) is 23.5 Å². The zero-order chi connectivity index (χ0) is 18.9. The van der Waals surface area contributed by atoms with Gasteiger partial charge in [0.1, 0.15) is 17.9 Å². The van der Waals surface area contributed by atoms with Crippen LogP contribution in [0, 0.1) is 11.8 Å². The maximum absolute atomic E-state index is 12.0. The van der Waals surface area contributed by atoms with Crippen molar-refractivity contribution in [3.05, 3.63) is 36.0 Å². The van der Waals surface area contributed by atoms with Crippen molar-refractivity contribution in [2.24, 2.45) is 7.05 Å². The highest BCUT2D eigenvalue weighted by Gasteiger charge is 2.15. The van der Waals surface area contributed by atoms with E-state index in [-0.39, 0.29) is 30.8 Å². The smallest absolute Gasteiger partial charge is 0.259 e. The predicted octanol–water partition coefficient (Wildman–Crippen LogP) is 1.20. The van der Waals surface area contributed by atoms with Crippen molar-refractivity contribution in [2.75, 3.05) is 25.6 Å². The van der Waals surface area contributed by atoms with Gasteiger partial charge in [0.25, 0.3) is 5.91 Å². The SMILES string of the molecule is COc1nn(C)cc1C(=O)NCC#CCOc1cccc(NC(C)=O)c1. The molecule has 8 nitrogen and oxygen atoms in total. The molecule has 0 aliphatic carbocycles. The third-order valence-electron chi connectivity index (χ3n) is 3.16.